The molecule has 0 N–H and O–H groups in total. The van der Waals surface area contributed by atoms with E-state index in [1.807, 2.05) is 5.38 Å². The van der Waals surface area contributed by atoms with Gasteiger partial charge in [0.2, 0.25) is 0 Å². The summed E-state index contributed by atoms with van der Waals surface area (Å²) in [5, 5.41) is 1.85. The highest BCUT2D eigenvalue weighted by Gasteiger charge is 2.10. The molecule has 0 fully saturated rings. The molecular formula is C10H7BrFNOS. The van der Waals surface area contributed by atoms with Gasteiger partial charge in [0.1, 0.15) is 11.6 Å². The molecule has 0 aliphatic heterocycles. The molecule has 0 saturated carbocycles. The molecule has 0 atom stereocenters. The van der Waals surface area contributed by atoms with Crippen molar-refractivity contribution >= 4 is 27.3 Å². The lowest BCUT2D eigenvalue weighted by Gasteiger charge is -2.05. The number of benzene rings is 1. The van der Waals surface area contributed by atoms with Crippen LogP contribution < -0.4 is 4.74 Å². The molecule has 0 aliphatic rings. The molecule has 2 nitrogen and oxygen atoms in total. The third-order valence-corrected chi connectivity index (χ3v) is 3.28. The van der Waals surface area contributed by atoms with Crippen LogP contribution in [0.2, 0.25) is 0 Å². The molecule has 0 unspecified atom stereocenters. The molecule has 1 heterocycles. The van der Waals surface area contributed by atoms with E-state index in [1.165, 1.54) is 23.5 Å². The van der Waals surface area contributed by atoms with Crippen molar-refractivity contribution in [2.24, 2.45) is 0 Å². The Bertz CT molecular complexity index is 486. The summed E-state index contributed by atoms with van der Waals surface area (Å²) in [6.07, 6.45) is 0. The van der Waals surface area contributed by atoms with E-state index < -0.39 is 0 Å². The van der Waals surface area contributed by atoms with Crippen molar-refractivity contribution in [2.45, 2.75) is 0 Å². The van der Waals surface area contributed by atoms with Gasteiger partial charge in [0, 0.05) is 10.9 Å². The fourth-order valence-electron chi connectivity index (χ4n) is 1.26. The van der Waals surface area contributed by atoms with Crippen molar-refractivity contribution < 1.29 is 9.13 Å². The molecule has 0 aliphatic carbocycles. The van der Waals surface area contributed by atoms with Crippen LogP contribution in [-0.2, 0) is 0 Å². The fourth-order valence-corrected chi connectivity index (χ4v) is 2.27. The van der Waals surface area contributed by atoms with Gasteiger partial charge in [-0.2, -0.15) is 0 Å². The summed E-state index contributed by atoms with van der Waals surface area (Å²) in [5.74, 6) is 0.323. The van der Waals surface area contributed by atoms with Crippen LogP contribution in [0.25, 0.3) is 11.3 Å². The zero-order valence-electron chi connectivity index (χ0n) is 7.83. The quantitative estimate of drug-likeness (QED) is 0.840. The SMILES string of the molecule is COc1ccc(F)cc1-c1csc(Br)n1. The third-order valence-electron chi connectivity index (χ3n) is 1.91. The van der Waals surface area contributed by atoms with Gasteiger partial charge >= 0.3 is 0 Å². The van der Waals surface area contributed by atoms with Crippen LogP contribution in [0.4, 0.5) is 4.39 Å². The highest BCUT2D eigenvalue weighted by atomic mass is 79.9. The Kier molecular flexibility index (Phi) is 3.02. The molecule has 5 heteroatoms. The van der Waals surface area contributed by atoms with Crippen LogP contribution in [0.5, 0.6) is 5.75 Å². The van der Waals surface area contributed by atoms with E-state index in [2.05, 4.69) is 20.9 Å². The fraction of sp³-hybridized carbons (Fsp3) is 0.100. The average Bonchev–Trinajstić information content (AvgIpc) is 2.65. The third kappa shape index (κ3) is 2.18. The maximum absolute atomic E-state index is 13.1. The van der Waals surface area contributed by atoms with Crippen molar-refractivity contribution in [3.63, 3.8) is 0 Å². The van der Waals surface area contributed by atoms with E-state index in [1.54, 1.807) is 13.2 Å². The first-order valence-corrected chi connectivity index (χ1v) is 5.83. The standard InChI is InChI=1S/C10H7BrFNOS/c1-14-9-3-2-6(12)4-7(9)8-5-15-10(11)13-8/h2-5H,1H3. The first-order valence-electron chi connectivity index (χ1n) is 4.15. The van der Waals surface area contributed by atoms with Crippen molar-refractivity contribution in [1.29, 1.82) is 0 Å². The minimum absolute atomic E-state index is 0.296. The molecular weight excluding hydrogens is 281 g/mol. The highest BCUT2D eigenvalue weighted by Crippen LogP contribution is 2.32. The lowest BCUT2D eigenvalue weighted by Crippen LogP contribution is -1.89. The molecule has 0 amide bonds. The summed E-state index contributed by atoms with van der Waals surface area (Å²) < 4.78 is 19.0. The van der Waals surface area contributed by atoms with Crippen molar-refractivity contribution in [1.82, 2.24) is 4.98 Å². The minimum atomic E-state index is -0.296. The van der Waals surface area contributed by atoms with Crippen molar-refractivity contribution in [3.05, 3.63) is 33.3 Å². The van der Waals surface area contributed by atoms with E-state index in [0.717, 1.165) is 3.92 Å². The van der Waals surface area contributed by atoms with Crippen LogP contribution in [0, 0.1) is 5.82 Å². The Morgan fingerprint density at radius 3 is 2.87 bits per heavy atom. The number of hydrogen-bond acceptors (Lipinski definition) is 3. The van der Waals surface area contributed by atoms with E-state index in [4.69, 9.17) is 4.74 Å². The summed E-state index contributed by atoms with van der Waals surface area (Å²) in [6.45, 7) is 0. The van der Waals surface area contributed by atoms with Crippen molar-refractivity contribution in [2.75, 3.05) is 7.11 Å². The molecule has 2 rings (SSSR count). The summed E-state index contributed by atoms with van der Waals surface area (Å²) in [7, 11) is 1.55. The van der Waals surface area contributed by atoms with Gasteiger partial charge in [-0.3, -0.25) is 0 Å². The largest absolute Gasteiger partial charge is 0.496 e. The van der Waals surface area contributed by atoms with E-state index in [9.17, 15) is 4.39 Å². The second-order valence-corrected chi connectivity index (χ2v) is 4.96. The van der Waals surface area contributed by atoms with Crippen LogP contribution in [0.15, 0.2) is 27.5 Å². The van der Waals surface area contributed by atoms with Gasteiger partial charge in [-0.05, 0) is 34.1 Å². The monoisotopic (exact) mass is 287 g/mol. The van der Waals surface area contributed by atoms with Gasteiger partial charge in [0.15, 0.2) is 3.92 Å². The minimum Gasteiger partial charge on any atom is -0.496 e. The maximum Gasteiger partial charge on any atom is 0.159 e. The number of hydrogen-bond donors (Lipinski definition) is 0. The number of halogens is 2. The predicted molar refractivity (Wildman–Crippen MR) is 61.8 cm³/mol. The Labute approximate surface area is 98.9 Å². The number of nitrogens with zero attached hydrogens (tertiary/aromatic N) is 1. The Morgan fingerprint density at radius 2 is 2.27 bits per heavy atom. The Balaban J connectivity index is 2.55. The Hall–Kier alpha value is -0.940. The summed E-state index contributed by atoms with van der Waals surface area (Å²) in [5.41, 5.74) is 1.38. The Morgan fingerprint density at radius 1 is 1.47 bits per heavy atom. The first kappa shape index (κ1) is 10.6. The summed E-state index contributed by atoms with van der Waals surface area (Å²) in [6, 6.07) is 4.38. The first-order chi connectivity index (χ1) is 7.20. The molecule has 0 radical (unpaired) electrons. The van der Waals surface area contributed by atoms with E-state index >= 15 is 0 Å². The predicted octanol–water partition coefficient (Wildman–Crippen LogP) is 3.72. The van der Waals surface area contributed by atoms with Crippen LogP contribution in [0.1, 0.15) is 0 Å². The second-order valence-electron chi connectivity index (χ2n) is 2.83. The van der Waals surface area contributed by atoms with Gasteiger partial charge in [-0.25, -0.2) is 9.37 Å². The zero-order valence-corrected chi connectivity index (χ0v) is 10.2. The highest BCUT2D eigenvalue weighted by molar-refractivity contribution is 9.11. The smallest absolute Gasteiger partial charge is 0.159 e. The molecule has 15 heavy (non-hydrogen) atoms. The van der Waals surface area contributed by atoms with Crippen LogP contribution >= 0.6 is 27.3 Å². The molecule has 0 spiro atoms. The van der Waals surface area contributed by atoms with Gasteiger partial charge in [0.25, 0.3) is 0 Å². The van der Waals surface area contributed by atoms with Crippen LogP contribution in [0.3, 0.4) is 0 Å². The zero-order chi connectivity index (χ0) is 10.8. The molecule has 0 bridgehead atoms. The molecule has 0 saturated heterocycles. The number of methoxy groups -OCH3 is 1. The molecule has 78 valence electrons. The lowest BCUT2D eigenvalue weighted by atomic mass is 10.1. The normalized spacial score (nSPS) is 10.3. The maximum atomic E-state index is 13.1. The van der Waals surface area contributed by atoms with Gasteiger partial charge in [-0.1, -0.05) is 0 Å². The molecule has 2 aromatic rings. The molecule has 1 aromatic heterocycles. The lowest BCUT2D eigenvalue weighted by molar-refractivity contribution is 0.415. The molecule has 1 aromatic carbocycles. The van der Waals surface area contributed by atoms with Gasteiger partial charge < -0.3 is 4.74 Å². The van der Waals surface area contributed by atoms with Crippen LogP contribution in [-0.4, -0.2) is 12.1 Å². The van der Waals surface area contributed by atoms with Gasteiger partial charge in [0.05, 0.1) is 12.8 Å². The number of aromatic nitrogens is 1. The van der Waals surface area contributed by atoms with Crippen molar-refractivity contribution in [3.8, 4) is 17.0 Å². The average molecular weight is 288 g/mol. The van der Waals surface area contributed by atoms with Gasteiger partial charge in [-0.15, -0.1) is 11.3 Å². The topological polar surface area (TPSA) is 22.1 Å². The van der Waals surface area contributed by atoms with E-state index in [-0.39, 0.29) is 5.82 Å². The summed E-state index contributed by atoms with van der Waals surface area (Å²) in [4.78, 5) is 4.22. The second kappa shape index (κ2) is 4.28. The number of thiazole rings is 1. The number of ether oxygens (including phenoxy) is 1. The van der Waals surface area contributed by atoms with E-state index in [0.29, 0.717) is 17.0 Å². The summed E-state index contributed by atoms with van der Waals surface area (Å²) >= 11 is 4.72. The number of rotatable bonds is 2.